The quantitative estimate of drug-likeness (QED) is 0.767. The van der Waals surface area contributed by atoms with Crippen LogP contribution in [0.25, 0.3) is 11.0 Å². The Morgan fingerprint density at radius 3 is 2.88 bits per heavy atom. The lowest BCUT2D eigenvalue weighted by Crippen LogP contribution is -2.30. The number of fused-ring (bicyclic) bond motifs is 1. The predicted molar refractivity (Wildman–Crippen MR) is 99.5 cm³/mol. The van der Waals surface area contributed by atoms with Crippen LogP contribution in [0.4, 0.5) is 0 Å². The third kappa shape index (κ3) is 2.80. The van der Waals surface area contributed by atoms with E-state index in [1.165, 1.54) is 5.56 Å². The summed E-state index contributed by atoms with van der Waals surface area (Å²) < 4.78 is 7.84. The number of nitrogens with one attached hydrogen (secondary N) is 1. The van der Waals surface area contributed by atoms with E-state index >= 15 is 0 Å². The van der Waals surface area contributed by atoms with Gasteiger partial charge in [-0.25, -0.2) is 4.98 Å². The first-order valence-electron chi connectivity index (χ1n) is 8.97. The van der Waals surface area contributed by atoms with Crippen molar-refractivity contribution in [1.82, 2.24) is 19.8 Å². The smallest absolute Gasteiger partial charge is 0.223 e. The maximum Gasteiger partial charge on any atom is 0.223 e. The molecule has 136 valence electrons. The fourth-order valence-corrected chi connectivity index (χ4v) is 4.00. The van der Waals surface area contributed by atoms with E-state index in [0.29, 0.717) is 6.42 Å². The number of aromatic nitrogens is 2. The molecule has 3 aromatic rings. The largest absolute Gasteiger partial charge is 0.461 e. The van der Waals surface area contributed by atoms with E-state index in [9.17, 15) is 4.79 Å². The summed E-state index contributed by atoms with van der Waals surface area (Å²) in [6, 6.07) is 8.11. The maximum absolute atomic E-state index is 12.3. The maximum atomic E-state index is 12.3. The van der Waals surface area contributed by atoms with E-state index in [2.05, 4.69) is 16.4 Å². The summed E-state index contributed by atoms with van der Waals surface area (Å²) in [5, 5.41) is 4.69. The third-order valence-electron chi connectivity index (χ3n) is 5.43. The number of amides is 1. The zero-order chi connectivity index (χ0) is 18.3. The molecule has 3 heterocycles. The number of imidazole rings is 1. The van der Waals surface area contributed by atoms with Crippen molar-refractivity contribution in [1.29, 1.82) is 0 Å². The van der Waals surface area contributed by atoms with Crippen molar-refractivity contribution in [3.8, 4) is 0 Å². The van der Waals surface area contributed by atoms with Crippen LogP contribution in [-0.2, 0) is 18.4 Å². The molecule has 1 N–H and O–H groups in total. The topological polar surface area (TPSA) is 63.3 Å². The highest BCUT2D eigenvalue weighted by atomic mass is 16.3. The molecule has 1 amide bonds. The molecule has 1 aromatic carbocycles. The van der Waals surface area contributed by atoms with Crippen LogP contribution in [0.3, 0.4) is 0 Å². The number of hydrogen-bond donors (Lipinski definition) is 1. The van der Waals surface area contributed by atoms with Gasteiger partial charge in [0, 0.05) is 62.9 Å². The fraction of sp³-hybridized carbons (Fsp3) is 0.400. The molecular weight excluding hydrogens is 328 g/mol. The normalized spacial score (nSPS) is 20.4. The molecule has 0 radical (unpaired) electrons. The standard InChI is InChI=1S/C20H24N4O2/c1-13-16(15-6-4-5-7-17(15)26-13)12-21-11-14-10-18(25)24(3)19(14)20-22-8-9-23(20)2/h4-9,14,19,21H,10-12H2,1-3H3/t14-,19+/m0/s1. The van der Waals surface area contributed by atoms with Gasteiger partial charge < -0.3 is 19.2 Å². The van der Waals surface area contributed by atoms with Crippen LogP contribution < -0.4 is 5.32 Å². The number of nitrogens with zero attached hydrogens (tertiary/aromatic N) is 3. The Hall–Kier alpha value is -2.60. The van der Waals surface area contributed by atoms with Crippen LogP contribution in [0.2, 0.25) is 0 Å². The Morgan fingerprint density at radius 2 is 2.12 bits per heavy atom. The van der Waals surface area contributed by atoms with Crippen molar-refractivity contribution < 1.29 is 9.21 Å². The summed E-state index contributed by atoms with van der Waals surface area (Å²) in [6.45, 7) is 3.48. The predicted octanol–water partition coefficient (Wildman–Crippen LogP) is 2.78. The number of furan rings is 1. The van der Waals surface area contributed by atoms with E-state index in [1.807, 2.05) is 54.9 Å². The Morgan fingerprint density at radius 1 is 1.31 bits per heavy atom. The van der Waals surface area contributed by atoms with Crippen molar-refractivity contribution >= 4 is 16.9 Å². The second-order valence-corrected chi connectivity index (χ2v) is 7.07. The minimum Gasteiger partial charge on any atom is -0.461 e. The molecule has 6 heteroatoms. The molecule has 4 rings (SSSR count). The number of carbonyl (C=O) groups excluding carboxylic acids is 1. The number of rotatable bonds is 5. The highest BCUT2D eigenvalue weighted by molar-refractivity contribution is 5.82. The number of aryl methyl sites for hydroxylation is 2. The van der Waals surface area contributed by atoms with Gasteiger partial charge in [-0.2, -0.15) is 0 Å². The number of benzene rings is 1. The van der Waals surface area contributed by atoms with Crippen molar-refractivity contribution in [2.24, 2.45) is 13.0 Å². The summed E-state index contributed by atoms with van der Waals surface area (Å²) >= 11 is 0. The fourth-order valence-electron chi connectivity index (χ4n) is 4.00. The number of carbonyl (C=O) groups is 1. The Balaban J connectivity index is 1.49. The molecule has 1 aliphatic heterocycles. The van der Waals surface area contributed by atoms with E-state index in [0.717, 1.165) is 35.6 Å². The van der Waals surface area contributed by atoms with Gasteiger partial charge in [0.2, 0.25) is 5.91 Å². The lowest BCUT2D eigenvalue weighted by molar-refractivity contribution is -0.127. The summed E-state index contributed by atoms with van der Waals surface area (Å²) in [5.74, 6) is 2.26. The number of para-hydroxylation sites is 1. The minimum atomic E-state index is 0.0113. The van der Waals surface area contributed by atoms with E-state index in [-0.39, 0.29) is 17.9 Å². The Bertz CT molecular complexity index is 942. The van der Waals surface area contributed by atoms with Gasteiger partial charge in [-0.15, -0.1) is 0 Å². The summed E-state index contributed by atoms with van der Waals surface area (Å²) in [6.07, 6.45) is 4.26. The number of likely N-dealkylation sites (tertiary alicyclic amines) is 1. The van der Waals surface area contributed by atoms with Gasteiger partial charge in [-0.05, 0) is 13.0 Å². The van der Waals surface area contributed by atoms with Crippen molar-refractivity contribution in [2.75, 3.05) is 13.6 Å². The van der Waals surface area contributed by atoms with E-state index in [1.54, 1.807) is 6.20 Å². The minimum absolute atomic E-state index is 0.0113. The van der Waals surface area contributed by atoms with Crippen molar-refractivity contribution in [3.05, 3.63) is 53.8 Å². The van der Waals surface area contributed by atoms with Gasteiger partial charge >= 0.3 is 0 Å². The molecule has 0 saturated carbocycles. The average Bonchev–Trinajstić information content (AvgIpc) is 3.25. The SMILES string of the molecule is Cc1oc2ccccc2c1CNC[C@@H]1CC(=O)N(C)[C@H]1c1nccn1C. The van der Waals surface area contributed by atoms with Gasteiger partial charge in [-0.1, -0.05) is 18.2 Å². The van der Waals surface area contributed by atoms with Gasteiger partial charge in [0.25, 0.3) is 0 Å². The molecule has 0 aliphatic carbocycles. The summed E-state index contributed by atoms with van der Waals surface area (Å²) in [5.41, 5.74) is 2.11. The van der Waals surface area contributed by atoms with Crippen LogP contribution in [0, 0.1) is 12.8 Å². The van der Waals surface area contributed by atoms with E-state index < -0.39 is 0 Å². The lowest BCUT2D eigenvalue weighted by atomic mass is 9.99. The van der Waals surface area contributed by atoms with Gasteiger partial charge in [0.05, 0.1) is 6.04 Å². The molecule has 1 aliphatic rings. The molecule has 1 saturated heterocycles. The average molecular weight is 352 g/mol. The van der Waals surface area contributed by atoms with Gasteiger partial charge in [0.1, 0.15) is 17.2 Å². The zero-order valence-electron chi connectivity index (χ0n) is 15.4. The second-order valence-electron chi connectivity index (χ2n) is 7.07. The van der Waals surface area contributed by atoms with Crippen LogP contribution >= 0.6 is 0 Å². The Kier molecular flexibility index (Phi) is 4.28. The first kappa shape index (κ1) is 16.8. The van der Waals surface area contributed by atoms with Crippen LogP contribution in [0.1, 0.15) is 29.6 Å². The van der Waals surface area contributed by atoms with Gasteiger partial charge in [0.15, 0.2) is 0 Å². The van der Waals surface area contributed by atoms with Crippen molar-refractivity contribution in [2.45, 2.75) is 25.9 Å². The molecule has 0 spiro atoms. The summed E-state index contributed by atoms with van der Waals surface area (Å²) in [4.78, 5) is 18.6. The molecular formula is C20H24N4O2. The first-order chi connectivity index (χ1) is 12.6. The van der Waals surface area contributed by atoms with Crippen LogP contribution in [-0.4, -0.2) is 34.0 Å². The zero-order valence-corrected chi connectivity index (χ0v) is 15.4. The van der Waals surface area contributed by atoms with E-state index in [4.69, 9.17) is 4.42 Å². The van der Waals surface area contributed by atoms with Gasteiger partial charge in [-0.3, -0.25) is 4.79 Å². The molecule has 26 heavy (non-hydrogen) atoms. The van der Waals surface area contributed by atoms with Crippen LogP contribution in [0.15, 0.2) is 41.1 Å². The molecule has 1 fully saturated rings. The Labute approximate surface area is 152 Å². The molecule has 0 bridgehead atoms. The third-order valence-corrected chi connectivity index (χ3v) is 5.43. The monoisotopic (exact) mass is 352 g/mol. The second kappa shape index (κ2) is 6.61. The number of hydrogen-bond acceptors (Lipinski definition) is 4. The molecule has 2 atom stereocenters. The molecule has 6 nitrogen and oxygen atoms in total. The molecule has 0 unspecified atom stereocenters. The van der Waals surface area contributed by atoms with Crippen LogP contribution in [0.5, 0.6) is 0 Å². The first-order valence-corrected chi connectivity index (χ1v) is 8.97. The lowest BCUT2D eigenvalue weighted by Gasteiger charge is -2.24. The summed E-state index contributed by atoms with van der Waals surface area (Å²) in [7, 11) is 3.85. The highest BCUT2D eigenvalue weighted by Crippen LogP contribution is 2.35. The van der Waals surface area contributed by atoms with Crippen molar-refractivity contribution in [3.63, 3.8) is 0 Å². The molecule has 2 aromatic heterocycles. The highest BCUT2D eigenvalue weighted by Gasteiger charge is 2.40.